The first kappa shape index (κ1) is 30.0. The van der Waals surface area contributed by atoms with E-state index in [1.165, 1.54) is 4.90 Å². The fourth-order valence-corrected chi connectivity index (χ4v) is 7.21. The van der Waals surface area contributed by atoms with Gasteiger partial charge in [0.1, 0.15) is 17.6 Å². The molecule has 218 valence electrons. The van der Waals surface area contributed by atoms with Crippen LogP contribution in [-0.2, 0) is 23.9 Å². The molecule has 1 spiro atoms. The third-order valence-electron chi connectivity index (χ3n) is 9.35. The van der Waals surface area contributed by atoms with E-state index in [4.69, 9.17) is 9.47 Å². The molecule has 0 aliphatic carbocycles. The zero-order chi connectivity index (χ0) is 29.4. The molecule has 40 heavy (non-hydrogen) atoms. The molecule has 2 amide bonds. The average molecular weight is 553 g/mol. The maximum absolute atomic E-state index is 14.7. The van der Waals surface area contributed by atoms with Gasteiger partial charge in [-0.25, -0.2) is 0 Å². The smallest absolute Gasteiger partial charge is 0.312 e. The molecule has 0 saturated carbocycles. The van der Waals surface area contributed by atoms with Crippen LogP contribution in [0.4, 0.5) is 5.69 Å². The number of fused-ring (bicyclic) bond motifs is 1. The van der Waals surface area contributed by atoms with E-state index in [-0.39, 0.29) is 37.5 Å². The van der Waals surface area contributed by atoms with Gasteiger partial charge in [0.15, 0.2) is 0 Å². The number of benzene rings is 1. The predicted octanol–water partition coefficient (Wildman–Crippen LogP) is 4.11. The Morgan fingerprint density at radius 1 is 1.30 bits per heavy atom. The fraction of sp³-hybridized carbons (Fsp3) is 0.594. The van der Waals surface area contributed by atoms with Crippen LogP contribution in [0.5, 0.6) is 0 Å². The molecule has 0 radical (unpaired) electrons. The zero-order valence-corrected chi connectivity index (χ0v) is 24.5. The quantitative estimate of drug-likeness (QED) is 0.238. The largest absolute Gasteiger partial charge is 0.465 e. The van der Waals surface area contributed by atoms with E-state index in [1.807, 2.05) is 52.8 Å². The molecule has 3 aliphatic heterocycles. The third kappa shape index (κ3) is 4.59. The summed E-state index contributed by atoms with van der Waals surface area (Å²) in [7, 11) is 0. The van der Waals surface area contributed by atoms with Gasteiger partial charge in [-0.15, -0.1) is 13.2 Å². The Kier molecular flexibility index (Phi) is 8.62. The number of unbranched alkanes of at least 4 members (excludes halogenated alkanes) is 1. The number of carbonyl (C=O) groups excluding carboxylic acids is 3. The molecular weight excluding hydrogens is 508 g/mol. The predicted molar refractivity (Wildman–Crippen MR) is 154 cm³/mol. The number of rotatable bonds is 12. The molecule has 2 bridgehead atoms. The lowest BCUT2D eigenvalue weighted by Gasteiger charge is -2.39. The Balaban J connectivity index is 1.83. The van der Waals surface area contributed by atoms with Gasteiger partial charge in [-0.05, 0) is 69.6 Å². The normalized spacial score (nSPS) is 31.1. The van der Waals surface area contributed by atoms with Gasteiger partial charge in [-0.1, -0.05) is 38.1 Å². The number of ether oxygens (including phenoxy) is 2. The second kappa shape index (κ2) is 11.5. The summed E-state index contributed by atoms with van der Waals surface area (Å²) in [6.45, 7) is 17.4. The van der Waals surface area contributed by atoms with Gasteiger partial charge in [0.25, 0.3) is 5.91 Å². The lowest BCUT2D eigenvalue weighted by atomic mass is 9.62. The first-order chi connectivity index (χ1) is 19.0. The molecular formula is C32H44N2O6. The molecule has 4 rings (SSSR count). The zero-order valence-electron chi connectivity index (χ0n) is 24.5. The Morgan fingerprint density at radius 2 is 2.02 bits per heavy atom. The molecule has 3 unspecified atom stereocenters. The van der Waals surface area contributed by atoms with Gasteiger partial charge in [0.05, 0.1) is 30.8 Å². The highest BCUT2D eigenvalue weighted by atomic mass is 16.6. The number of aryl methyl sites for hydroxylation is 2. The minimum absolute atomic E-state index is 0.0970. The number of amides is 2. The number of esters is 1. The highest BCUT2D eigenvalue weighted by molar-refractivity contribution is 6.05. The van der Waals surface area contributed by atoms with E-state index in [0.717, 1.165) is 16.8 Å². The van der Waals surface area contributed by atoms with Crippen LogP contribution in [0.25, 0.3) is 0 Å². The van der Waals surface area contributed by atoms with E-state index in [0.29, 0.717) is 25.7 Å². The van der Waals surface area contributed by atoms with Crippen LogP contribution >= 0.6 is 0 Å². The molecule has 1 aromatic carbocycles. The lowest BCUT2D eigenvalue weighted by Crippen LogP contribution is -2.59. The summed E-state index contributed by atoms with van der Waals surface area (Å²) < 4.78 is 12.5. The summed E-state index contributed by atoms with van der Waals surface area (Å²) in [5.74, 6) is -2.92. The number of nitrogens with zero attached hydrogens (tertiary/aromatic N) is 2. The Hall–Kier alpha value is -2.97. The molecule has 7 atom stereocenters. The molecule has 1 N–H and O–H groups in total. The van der Waals surface area contributed by atoms with Gasteiger partial charge in [-0.3, -0.25) is 14.4 Å². The van der Waals surface area contributed by atoms with Crippen LogP contribution < -0.4 is 4.90 Å². The maximum Gasteiger partial charge on any atom is 0.312 e. The Morgan fingerprint density at radius 3 is 2.65 bits per heavy atom. The molecule has 1 aromatic rings. The van der Waals surface area contributed by atoms with Gasteiger partial charge in [0, 0.05) is 12.2 Å². The van der Waals surface area contributed by atoms with E-state index < -0.39 is 41.1 Å². The van der Waals surface area contributed by atoms with E-state index >= 15 is 0 Å². The number of carbonyl (C=O) groups is 3. The second-order valence-corrected chi connectivity index (χ2v) is 11.8. The molecule has 3 fully saturated rings. The van der Waals surface area contributed by atoms with E-state index in [1.54, 1.807) is 17.1 Å². The van der Waals surface area contributed by atoms with Crippen molar-refractivity contribution in [3.05, 3.63) is 54.6 Å². The molecule has 3 aliphatic rings. The van der Waals surface area contributed by atoms with Crippen LogP contribution in [0.15, 0.2) is 43.5 Å². The van der Waals surface area contributed by atoms with Crippen LogP contribution in [0, 0.1) is 31.6 Å². The average Bonchev–Trinajstić information content (AvgIpc) is 3.44. The van der Waals surface area contributed by atoms with Gasteiger partial charge < -0.3 is 24.4 Å². The number of aliphatic hydroxyl groups is 1. The van der Waals surface area contributed by atoms with Gasteiger partial charge >= 0.3 is 5.97 Å². The van der Waals surface area contributed by atoms with Crippen molar-refractivity contribution >= 4 is 23.5 Å². The number of anilines is 1. The lowest BCUT2D eigenvalue weighted by molar-refractivity contribution is -0.162. The maximum atomic E-state index is 14.7. The topological polar surface area (TPSA) is 96.4 Å². The van der Waals surface area contributed by atoms with Crippen molar-refractivity contribution in [2.75, 3.05) is 24.7 Å². The van der Waals surface area contributed by atoms with Gasteiger partial charge in [-0.2, -0.15) is 0 Å². The SMILES string of the molecule is C=CCCCOC(=O)[C@H]1[C@H]2C(=O)N([C@@H](CC)CO)C(C(=O)N(CC=C)c3cc(C)ccc3C)C23CC(C)[C@]1(C)O3. The van der Waals surface area contributed by atoms with Gasteiger partial charge in [0.2, 0.25) is 5.91 Å². The summed E-state index contributed by atoms with van der Waals surface area (Å²) in [6, 6.07) is 4.31. The standard InChI is InChI=1S/C32H44N2O6/c1-8-11-12-16-39-30(38)26-25-28(36)34(23(10-3)19-35)27(32(25)18-22(6)31(26,7)40-32)29(37)33(15-9-2)24-17-20(4)13-14-21(24)5/h8-9,13-14,17,22-23,25-27,35H,1-2,10-12,15-16,18-19H2,3-7H3/t22?,23-,25-,26+,27?,31-,32?/m0/s1. The number of hydrogen-bond donors (Lipinski definition) is 1. The van der Waals surface area contributed by atoms with Crippen molar-refractivity contribution in [2.24, 2.45) is 17.8 Å². The van der Waals surface area contributed by atoms with Crippen molar-refractivity contribution in [2.45, 2.75) is 83.6 Å². The highest BCUT2D eigenvalue weighted by Crippen LogP contribution is 2.65. The summed E-state index contributed by atoms with van der Waals surface area (Å²) in [6.07, 6.45) is 5.68. The Bertz CT molecular complexity index is 1180. The third-order valence-corrected chi connectivity index (χ3v) is 9.35. The number of aliphatic hydroxyl groups excluding tert-OH is 1. The minimum Gasteiger partial charge on any atom is -0.465 e. The van der Waals surface area contributed by atoms with Crippen LogP contribution in [0.2, 0.25) is 0 Å². The number of likely N-dealkylation sites (tertiary alicyclic amines) is 1. The van der Waals surface area contributed by atoms with Crippen molar-refractivity contribution in [3.8, 4) is 0 Å². The Labute approximate surface area is 238 Å². The second-order valence-electron chi connectivity index (χ2n) is 11.8. The molecule has 3 heterocycles. The van der Waals surface area contributed by atoms with Crippen molar-refractivity contribution in [1.82, 2.24) is 4.90 Å². The highest BCUT2D eigenvalue weighted by Gasteiger charge is 2.80. The van der Waals surface area contributed by atoms with E-state index in [2.05, 4.69) is 13.2 Å². The monoisotopic (exact) mass is 552 g/mol. The number of allylic oxidation sites excluding steroid dienone is 1. The molecule has 3 saturated heterocycles. The fourth-order valence-electron chi connectivity index (χ4n) is 7.21. The van der Waals surface area contributed by atoms with E-state index in [9.17, 15) is 19.5 Å². The first-order valence-electron chi connectivity index (χ1n) is 14.4. The van der Waals surface area contributed by atoms with Crippen molar-refractivity contribution in [3.63, 3.8) is 0 Å². The summed E-state index contributed by atoms with van der Waals surface area (Å²) in [5, 5.41) is 10.3. The van der Waals surface area contributed by atoms with Crippen molar-refractivity contribution < 1.29 is 29.0 Å². The molecule has 8 heteroatoms. The summed E-state index contributed by atoms with van der Waals surface area (Å²) in [4.78, 5) is 45.9. The van der Waals surface area contributed by atoms with Crippen LogP contribution in [-0.4, -0.2) is 70.8 Å². The van der Waals surface area contributed by atoms with Crippen molar-refractivity contribution in [1.29, 1.82) is 0 Å². The minimum atomic E-state index is -1.22. The summed E-state index contributed by atoms with van der Waals surface area (Å²) >= 11 is 0. The molecule has 0 aromatic heterocycles. The van der Waals surface area contributed by atoms with Crippen LogP contribution in [0.1, 0.15) is 57.6 Å². The summed E-state index contributed by atoms with van der Waals surface area (Å²) in [5.41, 5.74) is 0.478. The molecule has 8 nitrogen and oxygen atoms in total. The van der Waals surface area contributed by atoms with Crippen LogP contribution in [0.3, 0.4) is 0 Å². The number of hydrogen-bond acceptors (Lipinski definition) is 6. The first-order valence-corrected chi connectivity index (χ1v) is 14.4.